The molecule has 1 aliphatic carbocycles. The molecule has 2 aliphatic heterocycles. The second-order valence-electron chi connectivity index (χ2n) is 21.4. The molecule has 6 rings (SSSR count). The molecule has 95 heavy (non-hydrogen) atoms. The van der Waals surface area contributed by atoms with Gasteiger partial charge in [-0.2, -0.15) is 21.5 Å². The number of halogens is 4. The quantitative estimate of drug-likeness (QED) is 0.00784. The number of benzene rings is 3. The Balaban J connectivity index is 0.681. The summed E-state index contributed by atoms with van der Waals surface area (Å²) in [6.07, 6.45) is 3.83. The average molecular weight is 1400 g/mol. The van der Waals surface area contributed by atoms with E-state index < -0.39 is 72.9 Å². The summed E-state index contributed by atoms with van der Waals surface area (Å²) >= 11 is 0. The van der Waals surface area contributed by atoms with Gasteiger partial charge in [-0.05, 0) is 68.0 Å². The molecule has 3 aliphatic rings. The highest BCUT2D eigenvalue weighted by Crippen LogP contribution is 2.35. The number of nitrogens with zero attached hydrogens (tertiary/aromatic N) is 3. The molecular formula is C61H86F4N6O22S2. The van der Waals surface area contributed by atoms with Crippen LogP contribution in [0.1, 0.15) is 57.4 Å². The SMILES string of the molecule is CCON(CCCNC(O)OC1CCC1)C(=O)C1=Cc2ccc(-c3cccc(S(=O)(=O)N4CC(CNC(=O)CCOCCOCCOCCOCCOCCOCCOCCOCCOCCOCCC(=O)Oc5c(F)c(F)c(S(=O)(=O)O)c(F)c5F)C4)c3)cc2N=C(N)C1. The molecule has 3 aromatic rings. The van der Waals surface area contributed by atoms with Gasteiger partial charge in [0.2, 0.25) is 39.7 Å². The van der Waals surface area contributed by atoms with Crippen LogP contribution in [0.3, 0.4) is 0 Å². The maximum atomic E-state index is 14.0. The predicted molar refractivity (Wildman–Crippen MR) is 331 cm³/mol. The maximum absolute atomic E-state index is 14.0. The van der Waals surface area contributed by atoms with Crippen LogP contribution in [0.15, 0.2) is 62.8 Å². The number of amidine groups is 1. The molecule has 1 saturated carbocycles. The van der Waals surface area contributed by atoms with Gasteiger partial charge >= 0.3 is 16.1 Å². The van der Waals surface area contributed by atoms with E-state index in [1.165, 1.54) is 9.37 Å². The lowest BCUT2D eigenvalue weighted by atomic mass is 9.96. The van der Waals surface area contributed by atoms with Gasteiger partial charge in [0.25, 0.3) is 5.91 Å². The van der Waals surface area contributed by atoms with Gasteiger partial charge in [0, 0.05) is 56.1 Å². The first-order valence-corrected chi connectivity index (χ1v) is 34.0. The number of sulfonamides is 1. The predicted octanol–water partition coefficient (Wildman–Crippen LogP) is 3.83. The number of hydrogen-bond donors (Lipinski definition) is 5. The number of esters is 1. The second-order valence-corrected chi connectivity index (χ2v) is 24.7. The third kappa shape index (κ3) is 27.2. The topological polar surface area (TPSA) is 349 Å². The number of aliphatic imine (C=N–C) groups is 1. The number of fused-ring (bicyclic) bond motifs is 1. The molecule has 1 saturated heterocycles. The van der Waals surface area contributed by atoms with Crippen LogP contribution >= 0.6 is 0 Å². The number of nitrogens with two attached hydrogens (primary N) is 1. The molecule has 3 aromatic carbocycles. The summed E-state index contributed by atoms with van der Waals surface area (Å²) < 4.78 is 179. The van der Waals surface area contributed by atoms with Crippen LogP contribution in [-0.2, 0) is 91.5 Å². The van der Waals surface area contributed by atoms with Gasteiger partial charge in [0.05, 0.1) is 168 Å². The van der Waals surface area contributed by atoms with E-state index in [0.717, 1.165) is 19.3 Å². The first kappa shape index (κ1) is 78.3. The van der Waals surface area contributed by atoms with E-state index in [9.17, 15) is 53.9 Å². The number of ether oxygens (including phenoxy) is 12. The molecule has 0 spiro atoms. The zero-order valence-corrected chi connectivity index (χ0v) is 54.6. The summed E-state index contributed by atoms with van der Waals surface area (Å²) in [5.74, 6) is -13.1. The van der Waals surface area contributed by atoms with Crippen molar-refractivity contribution >= 4 is 55.5 Å². The van der Waals surface area contributed by atoms with Crippen LogP contribution < -0.4 is 21.1 Å². The molecule has 1 unspecified atom stereocenters. The molecule has 2 heterocycles. The summed E-state index contributed by atoms with van der Waals surface area (Å²) in [6, 6.07) is 12.1. The Kier molecular flexibility index (Phi) is 34.7. The zero-order chi connectivity index (χ0) is 68.4. The van der Waals surface area contributed by atoms with Crippen LogP contribution in [0.25, 0.3) is 17.2 Å². The van der Waals surface area contributed by atoms with Gasteiger partial charge in [-0.3, -0.25) is 29.1 Å². The fourth-order valence-corrected chi connectivity index (χ4v) is 11.4. The molecule has 34 heteroatoms. The minimum atomic E-state index is -5.66. The lowest BCUT2D eigenvalue weighted by molar-refractivity contribution is -0.182. The molecule has 0 radical (unpaired) electrons. The van der Waals surface area contributed by atoms with Gasteiger partial charge < -0.3 is 73.0 Å². The van der Waals surface area contributed by atoms with Crippen LogP contribution in [-0.4, -0.2) is 243 Å². The van der Waals surface area contributed by atoms with Gasteiger partial charge in [0.15, 0.2) is 16.5 Å². The van der Waals surface area contributed by atoms with Crippen molar-refractivity contribution in [3.8, 4) is 16.9 Å². The minimum Gasteiger partial charge on any atom is -0.420 e. The largest absolute Gasteiger partial charge is 0.420 e. The Hall–Kier alpha value is -5.74. The number of rotatable bonds is 50. The summed E-state index contributed by atoms with van der Waals surface area (Å²) in [5.41, 5.74) is 9.27. The molecular weight excluding hydrogens is 1310 g/mol. The second kappa shape index (κ2) is 42.2. The van der Waals surface area contributed by atoms with E-state index in [1.54, 1.807) is 37.3 Å². The van der Waals surface area contributed by atoms with Crippen molar-refractivity contribution in [2.75, 3.05) is 171 Å². The Morgan fingerprint density at radius 2 is 1.20 bits per heavy atom. The lowest BCUT2D eigenvalue weighted by Crippen LogP contribution is -2.53. The van der Waals surface area contributed by atoms with Crippen LogP contribution in [0.2, 0.25) is 0 Å². The molecule has 2 amide bonds. The molecule has 6 N–H and O–H groups in total. The molecule has 28 nitrogen and oxygen atoms in total. The van der Waals surface area contributed by atoms with E-state index in [4.69, 9.17) is 67.2 Å². The fraction of sp³-hybridized carbons (Fsp3) is 0.607. The molecule has 0 bridgehead atoms. The Morgan fingerprint density at radius 3 is 1.69 bits per heavy atom. The van der Waals surface area contributed by atoms with Gasteiger partial charge in [0.1, 0.15) is 5.84 Å². The summed E-state index contributed by atoms with van der Waals surface area (Å²) in [6.45, 7) is 8.94. The standard InChI is InChI=1S/C61H86F4N6O22S2/c1-2-91-71(15-5-14-67-61(75)92-48-7-4-8-48)60(74)47-36-46-11-10-45(38-50(46)69-51(66)39-47)44-6-3-9-49(37-44)94(76,77)70-41-43(42-70)40-68-52(72)12-16-81-18-20-83-22-24-85-26-28-87-30-32-89-34-35-90-33-31-88-29-27-86-25-23-84-21-19-82-17-13-53(73)93-58-54(62)56(64)59(95(78,79)80)57(65)55(58)63/h3,6,9-11,36-38,43,48,61,67,75H,2,4-5,7-8,12-35,39-42H2,1H3,(H2,66,69)(H,68,72)(H,78,79,80). The number of hydrogen-bond acceptors (Lipinski definition) is 24. The van der Waals surface area contributed by atoms with E-state index in [2.05, 4.69) is 20.4 Å². The minimum absolute atomic E-state index is 0.00869. The van der Waals surface area contributed by atoms with Gasteiger partial charge in [-0.25, -0.2) is 27.3 Å². The first-order valence-electron chi connectivity index (χ1n) is 31.1. The van der Waals surface area contributed by atoms with Crippen molar-refractivity contribution in [2.24, 2.45) is 16.6 Å². The number of hydroxylamine groups is 2. The number of carbonyl (C=O) groups excluding carboxylic acids is 3. The molecule has 2 fully saturated rings. The number of nitrogens with one attached hydrogen (secondary N) is 2. The van der Waals surface area contributed by atoms with Crippen molar-refractivity contribution in [1.29, 1.82) is 0 Å². The number of amides is 2. The zero-order valence-electron chi connectivity index (χ0n) is 53.0. The molecule has 1 atom stereocenters. The highest BCUT2D eigenvalue weighted by atomic mass is 32.2. The smallest absolute Gasteiger partial charge is 0.313 e. The Labute approximate surface area is 549 Å². The van der Waals surface area contributed by atoms with E-state index in [-0.39, 0.29) is 113 Å². The van der Waals surface area contributed by atoms with E-state index >= 15 is 0 Å². The molecule has 0 aromatic heterocycles. The summed E-state index contributed by atoms with van der Waals surface area (Å²) in [4.78, 5) is 46.3. The van der Waals surface area contributed by atoms with Crippen molar-refractivity contribution in [3.05, 3.63) is 76.9 Å². The van der Waals surface area contributed by atoms with Crippen molar-refractivity contribution < 1.29 is 120 Å². The summed E-state index contributed by atoms with van der Waals surface area (Å²) in [7, 11) is -9.49. The average Bonchev–Trinajstić information content (AvgIpc) is 1.03. The normalized spacial score (nSPS) is 14.9. The highest BCUT2D eigenvalue weighted by molar-refractivity contribution is 7.89. The van der Waals surface area contributed by atoms with Crippen molar-refractivity contribution in [2.45, 2.75) is 74.2 Å². The van der Waals surface area contributed by atoms with Crippen LogP contribution in [0, 0.1) is 29.2 Å². The van der Waals surface area contributed by atoms with Gasteiger partial charge in [-0.15, -0.1) is 0 Å². The molecule has 532 valence electrons. The van der Waals surface area contributed by atoms with Crippen molar-refractivity contribution in [1.82, 2.24) is 20.0 Å². The third-order valence-corrected chi connectivity index (χ3v) is 17.0. The highest BCUT2D eigenvalue weighted by Gasteiger charge is 2.37. The monoisotopic (exact) mass is 1390 g/mol. The third-order valence-electron chi connectivity index (χ3n) is 14.3. The van der Waals surface area contributed by atoms with E-state index in [1.807, 2.05) is 18.2 Å². The Morgan fingerprint density at radius 1 is 0.695 bits per heavy atom. The number of aliphatic hydroxyl groups excluding tert-OH is 1. The Bertz CT molecular complexity index is 3160. The fourth-order valence-electron chi connectivity index (χ4n) is 9.09. The van der Waals surface area contributed by atoms with Gasteiger partial charge in [-0.1, -0.05) is 24.3 Å². The van der Waals surface area contributed by atoms with Crippen LogP contribution in [0.5, 0.6) is 5.75 Å². The van der Waals surface area contributed by atoms with E-state index in [0.29, 0.717) is 140 Å². The van der Waals surface area contributed by atoms with Crippen LogP contribution in [0.4, 0.5) is 23.2 Å². The number of aliphatic hydroxyl groups is 1. The first-order chi connectivity index (χ1) is 45.8. The van der Waals surface area contributed by atoms with Crippen molar-refractivity contribution in [3.63, 3.8) is 0 Å². The summed E-state index contributed by atoms with van der Waals surface area (Å²) in [5, 5.41) is 17.2. The lowest BCUT2D eigenvalue weighted by Gasteiger charge is -2.38. The maximum Gasteiger partial charge on any atom is 0.313 e. The number of carbonyl (C=O) groups is 3.